The molecule has 0 aromatic carbocycles. The topological polar surface area (TPSA) is 26.7 Å². The van der Waals surface area contributed by atoms with Crippen molar-refractivity contribution in [1.82, 2.24) is 9.80 Å². The summed E-state index contributed by atoms with van der Waals surface area (Å²) in [5, 5.41) is 9.18. The Kier molecular flexibility index (Phi) is 4.85. The molecule has 84 valence electrons. The molecule has 0 aromatic heterocycles. The molecule has 14 heavy (non-hydrogen) atoms. The highest BCUT2D eigenvalue weighted by Crippen LogP contribution is 2.15. The molecule has 2 atom stereocenters. The van der Waals surface area contributed by atoms with Gasteiger partial charge >= 0.3 is 0 Å². The second-order valence-corrected chi connectivity index (χ2v) is 4.68. The van der Waals surface area contributed by atoms with Crippen molar-refractivity contribution in [1.29, 1.82) is 0 Å². The van der Waals surface area contributed by atoms with Crippen molar-refractivity contribution in [3.05, 3.63) is 0 Å². The molecule has 1 rings (SSSR count). The maximum atomic E-state index is 9.18. The second kappa shape index (κ2) is 5.69. The van der Waals surface area contributed by atoms with Gasteiger partial charge in [0.1, 0.15) is 0 Å². The molecule has 1 heterocycles. The van der Waals surface area contributed by atoms with Gasteiger partial charge in [-0.15, -0.1) is 0 Å². The average Bonchev–Trinajstić information content (AvgIpc) is 2.49. The van der Waals surface area contributed by atoms with Crippen molar-refractivity contribution in [2.45, 2.75) is 38.3 Å². The fraction of sp³-hybridized carbons (Fsp3) is 1.00. The normalized spacial score (nSPS) is 25.9. The van der Waals surface area contributed by atoms with E-state index in [4.69, 9.17) is 0 Å². The number of nitrogens with zero attached hydrogens (tertiary/aromatic N) is 2. The van der Waals surface area contributed by atoms with Gasteiger partial charge in [0, 0.05) is 19.1 Å². The summed E-state index contributed by atoms with van der Waals surface area (Å²) in [7, 11) is 4.36. The van der Waals surface area contributed by atoms with Gasteiger partial charge in [0.2, 0.25) is 0 Å². The lowest BCUT2D eigenvalue weighted by molar-refractivity contribution is 0.153. The number of likely N-dealkylation sites (tertiary alicyclic amines) is 1. The molecule has 3 nitrogen and oxygen atoms in total. The monoisotopic (exact) mass is 200 g/mol. The standard InChI is InChI=1S/C11H24N2O/c1-10(14)6-8-12(2)9-11-5-4-7-13(11)3/h10-11,14H,4-9H2,1-3H3. The number of rotatable bonds is 5. The Morgan fingerprint density at radius 3 is 2.79 bits per heavy atom. The van der Waals surface area contributed by atoms with Crippen LogP contribution in [0.3, 0.4) is 0 Å². The minimum Gasteiger partial charge on any atom is -0.393 e. The quantitative estimate of drug-likeness (QED) is 0.710. The lowest BCUT2D eigenvalue weighted by Gasteiger charge is -2.26. The zero-order valence-corrected chi connectivity index (χ0v) is 9.74. The summed E-state index contributed by atoms with van der Waals surface area (Å²) < 4.78 is 0. The molecule has 0 radical (unpaired) electrons. The molecule has 1 N–H and O–H groups in total. The van der Waals surface area contributed by atoms with E-state index in [2.05, 4.69) is 23.9 Å². The van der Waals surface area contributed by atoms with Crippen LogP contribution in [0.5, 0.6) is 0 Å². The number of hydrogen-bond acceptors (Lipinski definition) is 3. The van der Waals surface area contributed by atoms with Crippen LogP contribution in [0.4, 0.5) is 0 Å². The second-order valence-electron chi connectivity index (χ2n) is 4.68. The van der Waals surface area contributed by atoms with Crippen molar-refractivity contribution < 1.29 is 5.11 Å². The molecule has 3 heteroatoms. The number of likely N-dealkylation sites (N-methyl/N-ethyl adjacent to an activating group) is 2. The van der Waals surface area contributed by atoms with Crippen molar-refractivity contribution in [3.63, 3.8) is 0 Å². The van der Waals surface area contributed by atoms with Crippen LogP contribution in [0.15, 0.2) is 0 Å². The predicted molar refractivity (Wildman–Crippen MR) is 59.4 cm³/mol. The van der Waals surface area contributed by atoms with Gasteiger partial charge in [0.25, 0.3) is 0 Å². The molecule has 1 fully saturated rings. The average molecular weight is 200 g/mol. The molecule has 0 bridgehead atoms. The first-order chi connectivity index (χ1) is 6.59. The molecule has 2 unspecified atom stereocenters. The molecule has 1 aliphatic rings. The van der Waals surface area contributed by atoms with Gasteiger partial charge in [-0.2, -0.15) is 0 Å². The predicted octanol–water partition coefficient (Wildman–Crippen LogP) is 0.783. The van der Waals surface area contributed by atoms with E-state index in [1.165, 1.54) is 19.4 Å². The first kappa shape index (κ1) is 12.0. The number of aliphatic hydroxyl groups is 1. The highest BCUT2D eigenvalue weighted by atomic mass is 16.3. The van der Waals surface area contributed by atoms with Gasteiger partial charge in [-0.1, -0.05) is 0 Å². The van der Waals surface area contributed by atoms with Crippen LogP contribution >= 0.6 is 0 Å². The molecule has 0 amide bonds. The smallest absolute Gasteiger partial charge is 0.0524 e. The first-order valence-corrected chi connectivity index (χ1v) is 5.66. The Morgan fingerprint density at radius 2 is 2.29 bits per heavy atom. The molecule has 0 aliphatic carbocycles. The third-order valence-electron chi connectivity index (χ3n) is 3.12. The molecule has 0 saturated carbocycles. The van der Waals surface area contributed by atoms with E-state index >= 15 is 0 Å². The van der Waals surface area contributed by atoms with Gasteiger partial charge in [0.15, 0.2) is 0 Å². The lowest BCUT2D eigenvalue weighted by Crippen LogP contribution is -2.37. The van der Waals surface area contributed by atoms with E-state index in [1.807, 2.05) is 6.92 Å². The summed E-state index contributed by atoms with van der Waals surface area (Å²) in [5.41, 5.74) is 0. The summed E-state index contributed by atoms with van der Waals surface area (Å²) in [4.78, 5) is 4.78. The van der Waals surface area contributed by atoms with Gasteiger partial charge in [-0.25, -0.2) is 0 Å². The van der Waals surface area contributed by atoms with Crippen LogP contribution in [0.2, 0.25) is 0 Å². The van der Waals surface area contributed by atoms with Crippen LogP contribution in [0, 0.1) is 0 Å². The van der Waals surface area contributed by atoms with E-state index in [-0.39, 0.29) is 6.10 Å². The van der Waals surface area contributed by atoms with Crippen LogP contribution in [0.25, 0.3) is 0 Å². The Labute approximate surface area is 87.7 Å². The van der Waals surface area contributed by atoms with Crippen molar-refractivity contribution in [2.75, 3.05) is 33.7 Å². The van der Waals surface area contributed by atoms with Gasteiger partial charge in [-0.3, -0.25) is 0 Å². The van der Waals surface area contributed by atoms with Gasteiger partial charge in [-0.05, 0) is 46.8 Å². The van der Waals surface area contributed by atoms with E-state index in [0.29, 0.717) is 0 Å². The van der Waals surface area contributed by atoms with Crippen LogP contribution < -0.4 is 0 Å². The highest BCUT2D eigenvalue weighted by Gasteiger charge is 2.21. The van der Waals surface area contributed by atoms with Crippen molar-refractivity contribution in [3.8, 4) is 0 Å². The molecular weight excluding hydrogens is 176 g/mol. The Morgan fingerprint density at radius 1 is 1.57 bits per heavy atom. The first-order valence-electron chi connectivity index (χ1n) is 5.66. The lowest BCUT2D eigenvalue weighted by atomic mass is 10.2. The van der Waals surface area contributed by atoms with Gasteiger partial charge < -0.3 is 14.9 Å². The van der Waals surface area contributed by atoms with E-state index < -0.39 is 0 Å². The Bertz CT molecular complexity index is 161. The zero-order valence-electron chi connectivity index (χ0n) is 9.74. The SMILES string of the molecule is CC(O)CCN(C)CC1CCCN1C. The molecule has 1 aliphatic heterocycles. The molecular formula is C11H24N2O. The van der Waals surface area contributed by atoms with Crippen LogP contribution in [-0.4, -0.2) is 60.8 Å². The number of aliphatic hydroxyl groups excluding tert-OH is 1. The minimum absolute atomic E-state index is 0.168. The van der Waals surface area contributed by atoms with E-state index in [9.17, 15) is 5.11 Å². The van der Waals surface area contributed by atoms with Crippen LogP contribution in [0.1, 0.15) is 26.2 Å². The van der Waals surface area contributed by atoms with Crippen molar-refractivity contribution >= 4 is 0 Å². The minimum atomic E-state index is -0.168. The van der Waals surface area contributed by atoms with Crippen LogP contribution in [-0.2, 0) is 0 Å². The Balaban J connectivity index is 2.16. The maximum Gasteiger partial charge on any atom is 0.0524 e. The zero-order chi connectivity index (χ0) is 10.6. The summed E-state index contributed by atoms with van der Waals surface area (Å²) in [6, 6.07) is 0.731. The third-order valence-corrected chi connectivity index (χ3v) is 3.12. The molecule has 0 aromatic rings. The fourth-order valence-corrected chi connectivity index (χ4v) is 2.07. The molecule has 0 spiro atoms. The largest absolute Gasteiger partial charge is 0.393 e. The maximum absolute atomic E-state index is 9.18. The number of hydrogen-bond donors (Lipinski definition) is 1. The summed E-state index contributed by atoms with van der Waals surface area (Å²) in [6.07, 6.45) is 3.38. The summed E-state index contributed by atoms with van der Waals surface area (Å²) in [6.45, 7) is 5.25. The van der Waals surface area contributed by atoms with E-state index in [0.717, 1.165) is 25.6 Å². The summed E-state index contributed by atoms with van der Waals surface area (Å²) in [5.74, 6) is 0. The fourth-order valence-electron chi connectivity index (χ4n) is 2.07. The third kappa shape index (κ3) is 3.95. The highest BCUT2D eigenvalue weighted by molar-refractivity contribution is 4.78. The van der Waals surface area contributed by atoms with Gasteiger partial charge in [0.05, 0.1) is 6.10 Å². The van der Waals surface area contributed by atoms with E-state index in [1.54, 1.807) is 0 Å². The molecule has 1 saturated heterocycles. The summed E-state index contributed by atoms with van der Waals surface area (Å²) >= 11 is 0. The van der Waals surface area contributed by atoms with Crippen molar-refractivity contribution in [2.24, 2.45) is 0 Å². The Hall–Kier alpha value is -0.120.